The molecule has 0 saturated heterocycles. The lowest BCUT2D eigenvalue weighted by atomic mass is 10.1. The molecule has 8 heteroatoms. The van der Waals surface area contributed by atoms with E-state index < -0.39 is 0 Å². The van der Waals surface area contributed by atoms with Crippen molar-refractivity contribution in [2.45, 2.75) is 17.8 Å². The van der Waals surface area contributed by atoms with Crippen molar-refractivity contribution in [2.24, 2.45) is 0 Å². The van der Waals surface area contributed by atoms with Crippen LogP contribution in [0.2, 0.25) is 0 Å². The maximum absolute atomic E-state index is 5.96. The average Bonchev–Trinajstić information content (AvgIpc) is 3.22. The summed E-state index contributed by atoms with van der Waals surface area (Å²) in [7, 11) is 0. The van der Waals surface area contributed by atoms with Gasteiger partial charge in [0, 0.05) is 5.56 Å². The molecule has 0 aliphatic carbocycles. The third-order valence-corrected chi connectivity index (χ3v) is 5.05. The number of nitrogen functional groups attached to an aromatic ring is 1. The molecule has 1 aromatic carbocycles. The molecule has 0 aliphatic heterocycles. The van der Waals surface area contributed by atoms with Gasteiger partial charge in [0.2, 0.25) is 0 Å². The van der Waals surface area contributed by atoms with Gasteiger partial charge in [0.25, 0.3) is 5.89 Å². The lowest BCUT2D eigenvalue weighted by Gasteiger charge is -2.00. The number of fused-ring (bicyclic) bond motifs is 1. The van der Waals surface area contributed by atoms with Gasteiger partial charge in [-0.15, -0.1) is 11.3 Å². The Morgan fingerprint density at radius 2 is 2.12 bits per heavy atom. The zero-order chi connectivity index (χ0) is 16.5. The Balaban J connectivity index is 1.51. The zero-order valence-electron chi connectivity index (χ0n) is 12.8. The molecule has 0 atom stereocenters. The van der Waals surface area contributed by atoms with Gasteiger partial charge in [-0.2, -0.15) is 4.98 Å². The van der Waals surface area contributed by atoms with Crippen LogP contribution in [0.1, 0.15) is 11.4 Å². The predicted molar refractivity (Wildman–Crippen MR) is 95.9 cm³/mol. The molecule has 4 rings (SSSR count). The minimum atomic E-state index is 0.498. The molecule has 0 spiro atoms. The van der Waals surface area contributed by atoms with Gasteiger partial charge in [-0.25, -0.2) is 9.97 Å². The highest BCUT2D eigenvalue weighted by atomic mass is 32.2. The van der Waals surface area contributed by atoms with Crippen LogP contribution in [0.25, 0.3) is 21.7 Å². The second-order valence-electron chi connectivity index (χ2n) is 5.20. The highest BCUT2D eigenvalue weighted by molar-refractivity contribution is 7.98. The molecular weight excluding hydrogens is 342 g/mol. The predicted octanol–water partition coefficient (Wildman–Crippen LogP) is 3.92. The van der Waals surface area contributed by atoms with E-state index in [1.54, 1.807) is 11.3 Å². The highest BCUT2D eigenvalue weighted by Gasteiger charge is 2.11. The lowest BCUT2D eigenvalue weighted by molar-refractivity contribution is 0.425. The van der Waals surface area contributed by atoms with E-state index in [1.807, 2.05) is 42.6 Å². The van der Waals surface area contributed by atoms with Crippen LogP contribution in [0.3, 0.4) is 0 Å². The van der Waals surface area contributed by atoms with Crippen molar-refractivity contribution in [3.63, 3.8) is 0 Å². The molecule has 0 aliphatic rings. The Labute approximate surface area is 146 Å². The van der Waals surface area contributed by atoms with Crippen LogP contribution in [-0.4, -0.2) is 20.1 Å². The second kappa shape index (κ2) is 6.21. The van der Waals surface area contributed by atoms with Crippen LogP contribution >= 0.6 is 23.1 Å². The van der Waals surface area contributed by atoms with Crippen LogP contribution in [0.4, 0.5) is 5.82 Å². The average molecular weight is 355 g/mol. The van der Waals surface area contributed by atoms with E-state index in [9.17, 15) is 0 Å². The van der Waals surface area contributed by atoms with E-state index in [1.165, 1.54) is 11.8 Å². The number of aryl methyl sites for hydroxylation is 1. The summed E-state index contributed by atoms with van der Waals surface area (Å²) in [6, 6.07) is 9.89. The summed E-state index contributed by atoms with van der Waals surface area (Å²) in [4.78, 5) is 14.1. The van der Waals surface area contributed by atoms with Crippen molar-refractivity contribution in [1.82, 2.24) is 20.1 Å². The third-order valence-electron chi connectivity index (χ3n) is 3.40. The quantitative estimate of drug-likeness (QED) is 0.438. The molecule has 4 aromatic rings. The van der Waals surface area contributed by atoms with Gasteiger partial charge in [0.05, 0.1) is 11.1 Å². The molecule has 0 unspecified atom stereocenters. The number of thiophene rings is 1. The zero-order valence-corrected chi connectivity index (χ0v) is 14.4. The Bertz CT molecular complexity index is 1010. The summed E-state index contributed by atoms with van der Waals surface area (Å²) < 4.78 is 5.34. The molecule has 120 valence electrons. The van der Waals surface area contributed by atoms with Crippen molar-refractivity contribution in [1.29, 1.82) is 0 Å². The minimum Gasteiger partial charge on any atom is -0.383 e. The first-order valence-electron chi connectivity index (χ1n) is 7.22. The van der Waals surface area contributed by atoms with E-state index in [0.717, 1.165) is 21.3 Å². The molecular formula is C16H13N5OS2. The van der Waals surface area contributed by atoms with Gasteiger partial charge in [0.1, 0.15) is 10.6 Å². The minimum absolute atomic E-state index is 0.498. The van der Waals surface area contributed by atoms with Gasteiger partial charge < -0.3 is 10.3 Å². The number of nitrogens with zero attached hydrogens (tertiary/aromatic N) is 4. The van der Waals surface area contributed by atoms with Crippen LogP contribution in [-0.2, 0) is 5.75 Å². The molecule has 0 fully saturated rings. The maximum Gasteiger partial charge on any atom is 0.257 e. The molecule has 0 radical (unpaired) electrons. The fraction of sp³-hybridized carbons (Fsp3) is 0.125. The van der Waals surface area contributed by atoms with Crippen LogP contribution in [0, 0.1) is 6.92 Å². The Kier molecular flexibility index (Phi) is 3.91. The lowest BCUT2D eigenvalue weighted by Crippen LogP contribution is -1.95. The molecule has 3 aromatic heterocycles. The van der Waals surface area contributed by atoms with Crippen molar-refractivity contribution in [3.05, 3.63) is 47.1 Å². The van der Waals surface area contributed by atoms with Gasteiger partial charge >= 0.3 is 0 Å². The van der Waals surface area contributed by atoms with Gasteiger partial charge in [-0.3, -0.25) is 0 Å². The van der Waals surface area contributed by atoms with Gasteiger partial charge in [-0.1, -0.05) is 34.6 Å². The largest absolute Gasteiger partial charge is 0.383 e. The molecule has 2 N–H and O–H groups in total. The van der Waals surface area contributed by atoms with E-state index in [0.29, 0.717) is 28.4 Å². The van der Waals surface area contributed by atoms with Crippen molar-refractivity contribution >= 4 is 39.1 Å². The summed E-state index contributed by atoms with van der Waals surface area (Å²) in [6.07, 6.45) is 0. The molecule has 24 heavy (non-hydrogen) atoms. The monoisotopic (exact) mass is 355 g/mol. The number of hydrogen-bond acceptors (Lipinski definition) is 8. The Morgan fingerprint density at radius 3 is 3.00 bits per heavy atom. The summed E-state index contributed by atoms with van der Waals surface area (Å²) in [5, 5.41) is 7.49. The van der Waals surface area contributed by atoms with Gasteiger partial charge in [0.15, 0.2) is 11.0 Å². The van der Waals surface area contributed by atoms with Crippen molar-refractivity contribution < 1.29 is 4.52 Å². The summed E-state index contributed by atoms with van der Waals surface area (Å²) in [5.74, 6) is 2.14. The van der Waals surface area contributed by atoms with E-state index >= 15 is 0 Å². The standard InChI is InChI=1S/C16H13N5OS2/c1-9-3-2-4-10(7-9)14-18-12(21-22-14)8-24-16-19-13(17)11-5-6-23-15(11)20-16/h2-7H,8H2,1H3,(H2,17,19,20). The first kappa shape index (κ1) is 15.1. The van der Waals surface area contributed by atoms with Crippen LogP contribution in [0.5, 0.6) is 0 Å². The molecule has 0 bridgehead atoms. The summed E-state index contributed by atoms with van der Waals surface area (Å²) in [6.45, 7) is 2.03. The fourth-order valence-corrected chi connectivity index (χ4v) is 3.78. The Morgan fingerprint density at radius 1 is 1.21 bits per heavy atom. The molecule has 6 nitrogen and oxygen atoms in total. The molecule has 3 heterocycles. The van der Waals surface area contributed by atoms with Crippen molar-refractivity contribution in [3.8, 4) is 11.5 Å². The fourth-order valence-electron chi connectivity index (χ4n) is 2.26. The number of rotatable bonds is 4. The van der Waals surface area contributed by atoms with E-state index in [4.69, 9.17) is 10.3 Å². The summed E-state index contributed by atoms with van der Waals surface area (Å²) in [5.41, 5.74) is 8.02. The Hall–Kier alpha value is -2.45. The van der Waals surface area contributed by atoms with E-state index in [-0.39, 0.29) is 0 Å². The van der Waals surface area contributed by atoms with E-state index in [2.05, 4.69) is 20.1 Å². The smallest absolute Gasteiger partial charge is 0.257 e. The summed E-state index contributed by atoms with van der Waals surface area (Å²) >= 11 is 2.98. The number of anilines is 1. The highest BCUT2D eigenvalue weighted by Crippen LogP contribution is 2.28. The van der Waals surface area contributed by atoms with Crippen LogP contribution < -0.4 is 5.73 Å². The SMILES string of the molecule is Cc1cccc(-c2nc(CSc3nc(N)c4ccsc4n3)no2)c1. The number of thioether (sulfide) groups is 1. The number of hydrogen-bond donors (Lipinski definition) is 1. The molecule has 0 amide bonds. The molecule has 0 saturated carbocycles. The topological polar surface area (TPSA) is 90.7 Å². The number of benzene rings is 1. The normalized spacial score (nSPS) is 11.2. The first-order valence-corrected chi connectivity index (χ1v) is 9.09. The number of aromatic nitrogens is 4. The van der Waals surface area contributed by atoms with Gasteiger partial charge in [-0.05, 0) is 30.5 Å². The third kappa shape index (κ3) is 2.98. The van der Waals surface area contributed by atoms with Crippen molar-refractivity contribution in [2.75, 3.05) is 5.73 Å². The number of nitrogens with two attached hydrogens (primary N) is 1. The van der Waals surface area contributed by atoms with Crippen LogP contribution in [0.15, 0.2) is 45.4 Å². The second-order valence-corrected chi connectivity index (χ2v) is 7.04. The maximum atomic E-state index is 5.96. The first-order chi connectivity index (χ1) is 11.7.